The summed E-state index contributed by atoms with van der Waals surface area (Å²) >= 11 is 0. The maximum Gasteiger partial charge on any atom is 0.450 e. The summed E-state index contributed by atoms with van der Waals surface area (Å²) in [5.41, 5.74) is -2.66. The molecular weight excluding hydrogens is 368 g/mol. The third kappa shape index (κ3) is 3.50. The van der Waals surface area contributed by atoms with Gasteiger partial charge in [0.1, 0.15) is 11.7 Å². The molecule has 0 aromatic heterocycles. The highest BCUT2D eigenvalue weighted by molar-refractivity contribution is 5.91. The Bertz CT molecular complexity index is 855. The van der Waals surface area contributed by atoms with Crippen LogP contribution < -0.4 is 10.6 Å². The molecule has 2 aromatic rings. The number of carbonyl (C=O) groups is 2. The fraction of sp³-hybridized carbons (Fsp3) is 0.222. The fourth-order valence-electron chi connectivity index (χ4n) is 3.16. The maximum atomic E-state index is 13.3. The molecular formula is C18H14F4N2O3. The molecule has 0 saturated carbocycles. The van der Waals surface area contributed by atoms with Gasteiger partial charge in [0.2, 0.25) is 5.78 Å². The standard InChI is InChI=1S/C18H14F4N2O3/c19-12-8-6-10(7-9-12)14-13(15(25)18(20,21)22)17(27,24-16(26)23-14)11-4-2-1-3-5-11/h1-9,13-14,27H,(H2,23,24,26)/t13-,14-,17+/m1/s1. The second-order valence-corrected chi connectivity index (χ2v) is 6.10. The summed E-state index contributed by atoms with van der Waals surface area (Å²) in [5, 5.41) is 15.3. The van der Waals surface area contributed by atoms with Crippen molar-refractivity contribution in [2.24, 2.45) is 5.92 Å². The van der Waals surface area contributed by atoms with Crippen molar-refractivity contribution in [2.45, 2.75) is 17.9 Å². The van der Waals surface area contributed by atoms with Gasteiger partial charge in [0.05, 0.1) is 6.04 Å². The third-order valence-corrected chi connectivity index (χ3v) is 4.38. The summed E-state index contributed by atoms with van der Waals surface area (Å²) in [5.74, 6) is -5.00. The number of alkyl halides is 3. The van der Waals surface area contributed by atoms with Crippen LogP contribution in [0.2, 0.25) is 0 Å². The van der Waals surface area contributed by atoms with Crippen LogP contribution in [-0.4, -0.2) is 23.1 Å². The van der Waals surface area contributed by atoms with Crippen molar-refractivity contribution in [1.29, 1.82) is 0 Å². The molecule has 27 heavy (non-hydrogen) atoms. The molecule has 2 amide bonds. The first-order valence-corrected chi connectivity index (χ1v) is 7.86. The van der Waals surface area contributed by atoms with Crippen molar-refractivity contribution in [3.8, 4) is 0 Å². The minimum Gasteiger partial charge on any atom is -0.366 e. The van der Waals surface area contributed by atoms with E-state index in [-0.39, 0.29) is 11.1 Å². The third-order valence-electron chi connectivity index (χ3n) is 4.38. The van der Waals surface area contributed by atoms with Crippen LogP contribution in [0.3, 0.4) is 0 Å². The maximum absolute atomic E-state index is 13.3. The summed E-state index contributed by atoms with van der Waals surface area (Å²) in [7, 11) is 0. The van der Waals surface area contributed by atoms with Gasteiger partial charge in [-0.05, 0) is 17.7 Å². The zero-order valence-corrected chi connectivity index (χ0v) is 13.6. The zero-order chi connectivity index (χ0) is 19.8. The molecule has 0 aliphatic carbocycles. The molecule has 1 saturated heterocycles. The van der Waals surface area contributed by atoms with E-state index in [4.69, 9.17) is 0 Å². The van der Waals surface area contributed by atoms with Crippen LogP contribution in [0.15, 0.2) is 54.6 Å². The molecule has 0 bridgehead atoms. The lowest BCUT2D eigenvalue weighted by atomic mass is 9.76. The number of halogens is 4. The van der Waals surface area contributed by atoms with Gasteiger partial charge in [-0.25, -0.2) is 9.18 Å². The van der Waals surface area contributed by atoms with Gasteiger partial charge in [-0.15, -0.1) is 0 Å². The van der Waals surface area contributed by atoms with Gasteiger partial charge in [-0.1, -0.05) is 42.5 Å². The van der Waals surface area contributed by atoms with E-state index >= 15 is 0 Å². The molecule has 3 N–H and O–H groups in total. The summed E-state index contributed by atoms with van der Waals surface area (Å²) < 4.78 is 53.0. The highest BCUT2D eigenvalue weighted by atomic mass is 19.4. The molecule has 0 unspecified atom stereocenters. The largest absolute Gasteiger partial charge is 0.450 e. The van der Waals surface area contributed by atoms with Crippen LogP contribution in [0.5, 0.6) is 0 Å². The quantitative estimate of drug-likeness (QED) is 0.715. The van der Waals surface area contributed by atoms with E-state index in [0.717, 1.165) is 24.3 Å². The van der Waals surface area contributed by atoms with Gasteiger partial charge in [0, 0.05) is 5.56 Å². The van der Waals surface area contributed by atoms with E-state index < -0.39 is 41.5 Å². The van der Waals surface area contributed by atoms with Gasteiger partial charge < -0.3 is 15.7 Å². The number of amides is 2. The predicted octanol–water partition coefficient (Wildman–Crippen LogP) is 2.77. The lowest BCUT2D eigenvalue weighted by molar-refractivity contribution is -0.190. The first kappa shape index (κ1) is 18.8. The minimum atomic E-state index is -5.27. The first-order chi connectivity index (χ1) is 12.6. The second-order valence-electron chi connectivity index (χ2n) is 6.10. The van der Waals surface area contributed by atoms with Gasteiger partial charge in [-0.2, -0.15) is 13.2 Å². The van der Waals surface area contributed by atoms with Crippen LogP contribution in [0.1, 0.15) is 17.2 Å². The van der Waals surface area contributed by atoms with E-state index in [1.807, 2.05) is 5.32 Å². The Hall–Kier alpha value is -2.94. The fourth-order valence-corrected chi connectivity index (χ4v) is 3.16. The SMILES string of the molecule is O=C1N[C@H](c2ccc(F)cc2)[C@H](C(=O)C(F)(F)F)[C@@](O)(c2ccccc2)N1. The molecule has 1 aliphatic rings. The summed E-state index contributed by atoms with van der Waals surface area (Å²) in [6.45, 7) is 0. The summed E-state index contributed by atoms with van der Waals surface area (Å²) in [4.78, 5) is 24.3. The molecule has 0 spiro atoms. The van der Waals surface area contributed by atoms with Crippen LogP contribution >= 0.6 is 0 Å². The van der Waals surface area contributed by atoms with E-state index in [1.165, 1.54) is 24.3 Å². The number of carbonyl (C=O) groups excluding carboxylic acids is 2. The Morgan fingerprint density at radius 1 is 1.04 bits per heavy atom. The topological polar surface area (TPSA) is 78.4 Å². The smallest absolute Gasteiger partial charge is 0.366 e. The van der Waals surface area contributed by atoms with Crippen molar-refractivity contribution in [3.05, 3.63) is 71.5 Å². The Morgan fingerprint density at radius 2 is 1.63 bits per heavy atom. The first-order valence-electron chi connectivity index (χ1n) is 7.86. The molecule has 3 rings (SSSR count). The van der Waals surface area contributed by atoms with Crippen molar-refractivity contribution < 1.29 is 32.3 Å². The van der Waals surface area contributed by atoms with Gasteiger partial charge in [0.25, 0.3) is 0 Å². The van der Waals surface area contributed by atoms with Crippen LogP contribution in [0.4, 0.5) is 22.4 Å². The lowest BCUT2D eigenvalue weighted by Gasteiger charge is -2.45. The van der Waals surface area contributed by atoms with Crippen molar-refractivity contribution in [3.63, 3.8) is 0 Å². The number of benzene rings is 2. The monoisotopic (exact) mass is 382 g/mol. The molecule has 0 radical (unpaired) electrons. The Balaban J connectivity index is 2.18. The highest BCUT2D eigenvalue weighted by Crippen LogP contribution is 2.42. The highest BCUT2D eigenvalue weighted by Gasteiger charge is 2.59. The van der Waals surface area contributed by atoms with Gasteiger partial charge in [0.15, 0.2) is 5.72 Å². The molecule has 2 aromatic carbocycles. The molecule has 1 aliphatic heterocycles. The molecule has 1 heterocycles. The predicted molar refractivity (Wildman–Crippen MR) is 85.7 cm³/mol. The number of hydrogen-bond donors (Lipinski definition) is 3. The van der Waals surface area contributed by atoms with E-state index in [0.29, 0.717) is 0 Å². The number of hydrogen-bond acceptors (Lipinski definition) is 3. The summed E-state index contributed by atoms with van der Waals surface area (Å²) in [6, 6.07) is 8.82. The number of nitrogens with one attached hydrogen (secondary N) is 2. The van der Waals surface area contributed by atoms with Crippen molar-refractivity contribution in [2.75, 3.05) is 0 Å². The van der Waals surface area contributed by atoms with E-state index in [1.54, 1.807) is 6.07 Å². The van der Waals surface area contributed by atoms with Crippen molar-refractivity contribution in [1.82, 2.24) is 10.6 Å². The zero-order valence-electron chi connectivity index (χ0n) is 13.6. The normalized spacial score (nSPS) is 25.4. The van der Waals surface area contributed by atoms with Crippen molar-refractivity contribution >= 4 is 11.8 Å². The minimum absolute atomic E-state index is 0.0446. The molecule has 142 valence electrons. The molecule has 3 atom stereocenters. The average Bonchev–Trinajstić information content (AvgIpc) is 2.61. The number of aliphatic hydroxyl groups is 1. The summed E-state index contributed by atoms with van der Waals surface area (Å²) in [6.07, 6.45) is -5.27. The number of urea groups is 1. The average molecular weight is 382 g/mol. The number of ketones is 1. The van der Waals surface area contributed by atoms with Crippen LogP contribution in [0, 0.1) is 11.7 Å². The van der Waals surface area contributed by atoms with Gasteiger partial charge in [-0.3, -0.25) is 4.79 Å². The van der Waals surface area contributed by atoms with Crippen LogP contribution in [-0.2, 0) is 10.5 Å². The Labute approximate surface area is 151 Å². The number of rotatable bonds is 3. The van der Waals surface area contributed by atoms with Gasteiger partial charge >= 0.3 is 12.2 Å². The van der Waals surface area contributed by atoms with E-state index in [2.05, 4.69) is 5.32 Å². The Morgan fingerprint density at radius 3 is 2.19 bits per heavy atom. The Kier molecular flexibility index (Phi) is 4.64. The molecule has 5 nitrogen and oxygen atoms in total. The van der Waals surface area contributed by atoms with E-state index in [9.17, 15) is 32.3 Å². The number of Topliss-reactive ketones (excluding diaryl/α,β-unsaturated/α-hetero) is 1. The van der Waals surface area contributed by atoms with Crippen LogP contribution in [0.25, 0.3) is 0 Å². The molecule has 1 fully saturated rings. The molecule has 9 heteroatoms. The lowest BCUT2D eigenvalue weighted by Crippen LogP contribution is -2.66. The second kappa shape index (κ2) is 6.66.